The zero-order chi connectivity index (χ0) is 15.1. The van der Waals surface area contributed by atoms with Gasteiger partial charge in [0, 0.05) is 23.6 Å². The molecule has 118 valence electrons. The molecule has 0 aromatic heterocycles. The van der Waals surface area contributed by atoms with Gasteiger partial charge in [-0.2, -0.15) is 11.8 Å². The summed E-state index contributed by atoms with van der Waals surface area (Å²) in [6.45, 7) is 7.88. The second-order valence-electron chi connectivity index (χ2n) is 5.26. The maximum atomic E-state index is 11.5. The molecule has 1 fully saturated rings. The summed E-state index contributed by atoms with van der Waals surface area (Å²) >= 11 is 1.98. The lowest BCUT2D eigenvalue weighted by Crippen LogP contribution is -2.40. The van der Waals surface area contributed by atoms with Crippen LogP contribution in [0.1, 0.15) is 33.6 Å². The van der Waals surface area contributed by atoms with Crippen LogP contribution >= 0.6 is 11.8 Å². The Morgan fingerprint density at radius 2 is 2.10 bits per heavy atom. The summed E-state index contributed by atoms with van der Waals surface area (Å²) in [7, 11) is -2.92. The minimum absolute atomic E-state index is 0.153. The van der Waals surface area contributed by atoms with E-state index in [1.165, 1.54) is 18.6 Å². The van der Waals surface area contributed by atoms with Gasteiger partial charge in [-0.15, -0.1) is 0 Å². The van der Waals surface area contributed by atoms with E-state index in [0.29, 0.717) is 12.5 Å². The van der Waals surface area contributed by atoms with Gasteiger partial charge < -0.3 is 10.6 Å². The Morgan fingerprint density at radius 1 is 1.35 bits per heavy atom. The largest absolute Gasteiger partial charge is 0.357 e. The molecule has 0 radical (unpaired) electrons. The lowest BCUT2D eigenvalue weighted by molar-refractivity contribution is 0.595. The fourth-order valence-electron chi connectivity index (χ4n) is 2.02. The van der Waals surface area contributed by atoms with Gasteiger partial charge in [0.05, 0.1) is 12.3 Å². The van der Waals surface area contributed by atoms with E-state index in [-0.39, 0.29) is 16.3 Å². The molecule has 1 atom stereocenters. The third-order valence-electron chi connectivity index (χ3n) is 3.36. The normalized spacial score (nSPS) is 23.9. The Hall–Kier alpha value is -0.430. The van der Waals surface area contributed by atoms with Crippen LogP contribution in [0.15, 0.2) is 4.99 Å². The van der Waals surface area contributed by atoms with Crippen molar-refractivity contribution in [3.63, 3.8) is 0 Å². The molecule has 1 aliphatic heterocycles. The number of rotatable bonds is 7. The molecule has 1 rings (SSSR count). The number of guanidine groups is 1. The highest BCUT2D eigenvalue weighted by molar-refractivity contribution is 8.00. The first-order valence-corrected chi connectivity index (χ1v) is 10.1. The van der Waals surface area contributed by atoms with Crippen LogP contribution in [0.3, 0.4) is 0 Å². The van der Waals surface area contributed by atoms with Gasteiger partial charge in [0.1, 0.15) is 0 Å². The standard InChI is InChI=1S/C13H27N3O2S2/c1-4-14-12(15-8-10-20(17,18)5-2)16-11-13(3)7-6-9-19-13/h4-11H2,1-3H3,(H2,14,15,16). The summed E-state index contributed by atoms with van der Waals surface area (Å²) in [5, 5.41) is 6.27. The van der Waals surface area contributed by atoms with Gasteiger partial charge in [0.25, 0.3) is 0 Å². The lowest BCUT2D eigenvalue weighted by atomic mass is 10.1. The van der Waals surface area contributed by atoms with Crippen LogP contribution in [0.4, 0.5) is 0 Å². The van der Waals surface area contributed by atoms with Crippen molar-refractivity contribution in [3.05, 3.63) is 0 Å². The molecule has 20 heavy (non-hydrogen) atoms. The van der Waals surface area contributed by atoms with Gasteiger partial charge in [0.15, 0.2) is 15.8 Å². The summed E-state index contributed by atoms with van der Waals surface area (Å²) < 4.78 is 23.1. The second-order valence-corrected chi connectivity index (χ2v) is 9.42. The summed E-state index contributed by atoms with van der Waals surface area (Å²) in [6.07, 6.45) is 2.46. The average molecular weight is 322 g/mol. The highest BCUT2D eigenvalue weighted by Gasteiger charge is 2.29. The molecule has 1 unspecified atom stereocenters. The predicted octanol–water partition coefficient (Wildman–Crippen LogP) is 1.26. The third kappa shape index (κ3) is 6.35. The monoisotopic (exact) mass is 321 g/mol. The second kappa shape index (κ2) is 8.12. The first kappa shape index (κ1) is 17.6. The van der Waals surface area contributed by atoms with Gasteiger partial charge in [-0.05, 0) is 32.4 Å². The fraction of sp³-hybridized carbons (Fsp3) is 0.923. The van der Waals surface area contributed by atoms with E-state index < -0.39 is 9.84 Å². The molecular formula is C13H27N3O2S2. The summed E-state index contributed by atoms with van der Waals surface area (Å²) in [5.41, 5.74) is 0. The predicted molar refractivity (Wildman–Crippen MR) is 88.4 cm³/mol. The van der Waals surface area contributed by atoms with E-state index in [2.05, 4.69) is 22.5 Å². The fourth-order valence-corrected chi connectivity index (χ4v) is 3.95. The van der Waals surface area contributed by atoms with E-state index in [4.69, 9.17) is 0 Å². The van der Waals surface area contributed by atoms with Crippen molar-refractivity contribution >= 4 is 27.6 Å². The van der Waals surface area contributed by atoms with Gasteiger partial charge in [-0.1, -0.05) is 6.92 Å². The van der Waals surface area contributed by atoms with Crippen molar-refractivity contribution in [1.29, 1.82) is 0 Å². The zero-order valence-electron chi connectivity index (χ0n) is 12.7. The van der Waals surface area contributed by atoms with Crippen LogP contribution < -0.4 is 10.6 Å². The molecule has 2 N–H and O–H groups in total. The van der Waals surface area contributed by atoms with Crippen molar-refractivity contribution in [2.24, 2.45) is 4.99 Å². The number of aliphatic imine (C=N–C) groups is 1. The molecule has 0 saturated carbocycles. The molecule has 0 bridgehead atoms. The van der Waals surface area contributed by atoms with E-state index in [1.54, 1.807) is 6.92 Å². The maximum absolute atomic E-state index is 11.5. The average Bonchev–Trinajstić information content (AvgIpc) is 2.83. The van der Waals surface area contributed by atoms with Crippen LogP contribution in [-0.2, 0) is 9.84 Å². The van der Waals surface area contributed by atoms with Crippen molar-refractivity contribution in [3.8, 4) is 0 Å². The van der Waals surface area contributed by atoms with E-state index in [0.717, 1.165) is 13.1 Å². The highest BCUT2D eigenvalue weighted by atomic mass is 32.2. The third-order valence-corrected chi connectivity index (χ3v) is 6.59. The van der Waals surface area contributed by atoms with Crippen LogP contribution in [0.5, 0.6) is 0 Å². The summed E-state index contributed by atoms with van der Waals surface area (Å²) in [5.74, 6) is 2.27. The number of hydrogen-bond donors (Lipinski definition) is 2. The molecule has 5 nitrogen and oxygen atoms in total. The molecule has 0 amide bonds. The molecule has 1 saturated heterocycles. The van der Waals surface area contributed by atoms with Crippen molar-refractivity contribution in [2.45, 2.75) is 38.4 Å². The van der Waals surface area contributed by atoms with Gasteiger partial charge in [-0.25, -0.2) is 8.42 Å². The Morgan fingerprint density at radius 3 is 2.65 bits per heavy atom. The van der Waals surface area contributed by atoms with Gasteiger partial charge >= 0.3 is 0 Å². The summed E-state index contributed by atoms with van der Waals surface area (Å²) in [6, 6.07) is 0. The molecule has 1 aliphatic rings. The van der Waals surface area contributed by atoms with Gasteiger partial charge in [0.2, 0.25) is 0 Å². The van der Waals surface area contributed by atoms with Gasteiger partial charge in [-0.3, -0.25) is 4.99 Å². The lowest BCUT2D eigenvalue weighted by Gasteiger charge is -2.21. The molecule has 1 heterocycles. The number of hydrogen-bond acceptors (Lipinski definition) is 4. The van der Waals surface area contributed by atoms with Crippen LogP contribution in [0.25, 0.3) is 0 Å². The number of nitrogens with one attached hydrogen (secondary N) is 2. The Labute approximate surface area is 127 Å². The molecule has 7 heteroatoms. The van der Waals surface area contributed by atoms with Crippen LogP contribution in [0.2, 0.25) is 0 Å². The smallest absolute Gasteiger partial charge is 0.191 e. The Kier molecular flexibility index (Phi) is 7.15. The molecule has 0 spiro atoms. The molecule has 0 aromatic carbocycles. The number of thioether (sulfide) groups is 1. The quantitative estimate of drug-likeness (QED) is 0.546. The van der Waals surface area contributed by atoms with E-state index >= 15 is 0 Å². The van der Waals surface area contributed by atoms with E-state index in [9.17, 15) is 8.42 Å². The molecule has 0 aliphatic carbocycles. The van der Waals surface area contributed by atoms with Crippen LogP contribution in [0, 0.1) is 0 Å². The highest BCUT2D eigenvalue weighted by Crippen LogP contribution is 2.37. The minimum atomic E-state index is -2.92. The summed E-state index contributed by atoms with van der Waals surface area (Å²) in [4.78, 5) is 4.59. The van der Waals surface area contributed by atoms with Crippen molar-refractivity contribution < 1.29 is 8.42 Å². The maximum Gasteiger partial charge on any atom is 0.191 e. The van der Waals surface area contributed by atoms with Crippen molar-refractivity contribution in [1.82, 2.24) is 10.6 Å². The molecule has 0 aromatic rings. The first-order valence-electron chi connectivity index (χ1n) is 7.27. The Bertz CT molecular complexity index is 415. The van der Waals surface area contributed by atoms with E-state index in [1.807, 2.05) is 18.7 Å². The number of sulfone groups is 1. The topological polar surface area (TPSA) is 70.6 Å². The van der Waals surface area contributed by atoms with Crippen LogP contribution in [-0.4, -0.2) is 56.0 Å². The number of nitrogens with zero attached hydrogens (tertiary/aromatic N) is 1. The van der Waals surface area contributed by atoms with Crippen molar-refractivity contribution in [2.75, 3.05) is 36.9 Å². The molecular weight excluding hydrogens is 294 g/mol. The SMILES string of the molecule is CCNC(=NCC1(C)CCCS1)NCCS(=O)(=O)CC. The minimum Gasteiger partial charge on any atom is -0.357 e. The Balaban J connectivity index is 2.46. The first-order chi connectivity index (χ1) is 9.41. The zero-order valence-corrected chi connectivity index (χ0v) is 14.4.